The highest BCUT2D eigenvalue weighted by Gasteiger charge is 2.12. The second-order valence-electron chi connectivity index (χ2n) is 4.77. The third-order valence-corrected chi connectivity index (χ3v) is 4.17. The van der Waals surface area contributed by atoms with Gasteiger partial charge in [-0.25, -0.2) is 13.1 Å². The molecule has 0 unspecified atom stereocenters. The molecule has 1 aromatic rings. The molecule has 0 heterocycles. The smallest absolute Gasteiger partial charge is 0.240 e. The lowest BCUT2D eigenvalue weighted by Gasteiger charge is -2.10. The third kappa shape index (κ3) is 6.00. The van der Waals surface area contributed by atoms with Crippen LogP contribution in [0.5, 0.6) is 0 Å². The molecule has 0 spiro atoms. The monoisotopic (exact) mass is 300 g/mol. The number of hydrogen-bond donors (Lipinski definition) is 2. The molecule has 1 aromatic carbocycles. The molecule has 0 aromatic heterocycles. The van der Waals surface area contributed by atoms with E-state index in [0.29, 0.717) is 19.3 Å². The van der Waals surface area contributed by atoms with E-state index in [1.807, 2.05) is 19.1 Å². The number of benzene rings is 1. The van der Waals surface area contributed by atoms with Gasteiger partial charge < -0.3 is 10.1 Å². The molecule has 0 aliphatic rings. The first kappa shape index (κ1) is 17.1. The van der Waals surface area contributed by atoms with Gasteiger partial charge in [-0.2, -0.15) is 0 Å². The molecule has 0 aliphatic carbocycles. The van der Waals surface area contributed by atoms with Crippen molar-refractivity contribution >= 4 is 10.0 Å². The van der Waals surface area contributed by atoms with E-state index in [9.17, 15) is 8.42 Å². The molecular formula is C14H24N2O3S. The van der Waals surface area contributed by atoms with E-state index < -0.39 is 10.0 Å². The van der Waals surface area contributed by atoms with Crippen LogP contribution in [0.1, 0.15) is 26.3 Å². The fourth-order valence-corrected chi connectivity index (χ4v) is 2.60. The zero-order valence-electron chi connectivity index (χ0n) is 12.3. The van der Waals surface area contributed by atoms with Crippen molar-refractivity contribution in [1.29, 1.82) is 0 Å². The van der Waals surface area contributed by atoms with Gasteiger partial charge in [-0.15, -0.1) is 0 Å². The van der Waals surface area contributed by atoms with E-state index in [-0.39, 0.29) is 11.4 Å². The van der Waals surface area contributed by atoms with Crippen LogP contribution < -0.4 is 10.0 Å². The van der Waals surface area contributed by atoms with Crippen LogP contribution in [0.3, 0.4) is 0 Å². The van der Waals surface area contributed by atoms with Crippen molar-refractivity contribution < 1.29 is 13.2 Å². The molecule has 6 heteroatoms. The zero-order valence-corrected chi connectivity index (χ0v) is 13.2. The van der Waals surface area contributed by atoms with Gasteiger partial charge in [0.1, 0.15) is 0 Å². The molecule has 0 aliphatic heterocycles. The molecule has 0 radical (unpaired) electrons. The quantitative estimate of drug-likeness (QED) is 0.678. The van der Waals surface area contributed by atoms with Gasteiger partial charge in [0.05, 0.1) is 11.5 Å². The van der Waals surface area contributed by atoms with Crippen molar-refractivity contribution in [2.24, 2.45) is 0 Å². The van der Waals surface area contributed by atoms with Gasteiger partial charge in [-0.3, -0.25) is 0 Å². The van der Waals surface area contributed by atoms with Crippen LogP contribution in [0.25, 0.3) is 0 Å². The van der Waals surface area contributed by atoms with Gasteiger partial charge in [0.25, 0.3) is 0 Å². The third-order valence-electron chi connectivity index (χ3n) is 2.69. The van der Waals surface area contributed by atoms with E-state index in [0.717, 1.165) is 12.1 Å². The molecule has 5 nitrogen and oxygen atoms in total. The van der Waals surface area contributed by atoms with E-state index in [1.54, 1.807) is 12.1 Å². The van der Waals surface area contributed by atoms with E-state index in [1.165, 1.54) is 0 Å². The van der Waals surface area contributed by atoms with Crippen molar-refractivity contribution in [3.8, 4) is 0 Å². The average Bonchev–Trinajstić information content (AvgIpc) is 2.42. The molecule has 2 N–H and O–H groups in total. The standard InChI is InChI=1S/C14H24N2O3S/c1-4-19-10-9-16-20(17,18)14-7-5-13(6-8-14)11-15-12(2)3/h5-8,12,15-16H,4,9-11H2,1-3H3. The Labute approximate surface area is 121 Å². The van der Waals surface area contributed by atoms with Gasteiger partial charge in [-0.1, -0.05) is 26.0 Å². The van der Waals surface area contributed by atoms with Crippen molar-refractivity contribution in [1.82, 2.24) is 10.0 Å². The fraction of sp³-hybridized carbons (Fsp3) is 0.571. The van der Waals surface area contributed by atoms with Gasteiger partial charge in [0, 0.05) is 25.7 Å². The van der Waals surface area contributed by atoms with Gasteiger partial charge in [0.2, 0.25) is 10.0 Å². The lowest BCUT2D eigenvalue weighted by atomic mass is 10.2. The average molecular weight is 300 g/mol. The van der Waals surface area contributed by atoms with E-state index >= 15 is 0 Å². The SMILES string of the molecule is CCOCCNS(=O)(=O)c1ccc(CNC(C)C)cc1. The summed E-state index contributed by atoms with van der Waals surface area (Å²) in [5.41, 5.74) is 1.06. The van der Waals surface area contributed by atoms with Gasteiger partial charge in [0.15, 0.2) is 0 Å². The summed E-state index contributed by atoms with van der Waals surface area (Å²) in [5.74, 6) is 0. The Kier molecular flexibility index (Phi) is 7.15. The molecular weight excluding hydrogens is 276 g/mol. The molecule has 1 rings (SSSR count). The first-order valence-electron chi connectivity index (χ1n) is 6.85. The predicted octanol–water partition coefficient (Wildman–Crippen LogP) is 1.50. The normalized spacial score (nSPS) is 12.0. The van der Waals surface area contributed by atoms with Crippen molar-refractivity contribution in [2.75, 3.05) is 19.8 Å². The number of rotatable bonds is 9. The summed E-state index contributed by atoms with van der Waals surface area (Å²) in [6.07, 6.45) is 0. The summed E-state index contributed by atoms with van der Waals surface area (Å²) < 4.78 is 31.6. The Morgan fingerprint density at radius 3 is 2.40 bits per heavy atom. The molecule has 0 saturated carbocycles. The molecule has 0 bridgehead atoms. The summed E-state index contributed by atoms with van der Waals surface area (Å²) in [6.45, 7) is 7.99. The van der Waals surface area contributed by atoms with Crippen LogP contribution in [0, 0.1) is 0 Å². The minimum absolute atomic E-state index is 0.280. The highest BCUT2D eigenvalue weighted by Crippen LogP contribution is 2.10. The van der Waals surface area contributed by atoms with Crippen LogP contribution in [-0.2, 0) is 21.3 Å². The van der Waals surface area contributed by atoms with Gasteiger partial charge in [-0.05, 0) is 24.6 Å². The molecule has 0 amide bonds. The molecule has 0 atom stereocenters. The van der Waals surface area contributed by atoms with Crippen LogP contribution in [0.4, 0.5) is 0 Å². The number of hydrogen-bond acceptors (Lipinski definition) is 4. The largest absolute Gasteiger partial charge is 0.380 e. The summed E-state index contributed by atoms with van der Waals surface area (Å²) >= 11 is 0. The van der Waals surface area contributed by atoms with Crippen LogP contribution in [0.15, 0.2) is 29.2 Å². The van der Waals surface area contributed by atoms with E-state index in [2.05, 4.69) is 23.9 Å². The first-order valence-corrected chi connectivity index (χ1v) is 8.33. The maximum Gasteiger partial charge on any atom is 0.240 e. The zero-order chi connectivity index (χ0) is 15.0. The van der Waals surface area contributed by atoms with Crippen molar-refractivity contribution in [3.63, 3.8) is 0 Å². The summed E-state index contributed by atoms with van der Waals surface area (Å²) in [5, 5.41) is 3.29. The highest BCUT2D eigenvalue weighted by atomic mass is 32.2. The summed E-state index contributed by atoms with van der Waals surface area (Å²) in [7, 11) is -3.44. The number of nitrogens with one attached hydrogen (secondary N) is 2. The second-order valence-corrected chi connectivity index (χ2v) is 6.54. The number of sulfonamides is 1. The molecule has 114 valence electrons. The molecule has 0 saturated heterocycles. The minimum Gasteiger partial charge on any atom is -0.380 e. The maximum atomic E-state index is 12.0. The Balaban J connectivity index is 2.57. The van der Waals surface area contributed by atoms with Crippen molar-refractivity contribution in [3.05, 3.63) is 29.8 Å². The van der Waals surface area contributed by atoms with Crippen molar-refractivity contribution in [2.45, 2.75) is 38.3 Å². The second kappa shape index (κ2) is 8.36. The van der Waals surface area contributed by atoms with Gasteiger partial charge >= 0.3 is 0 Å². The molecule has 0 fully saturated rings. The van der Waals surface area contributed by atoms with Crippen LogP contribution >= 0.6 is 0 Å². The topological polar surface area (TPSA) is 67.4 Å². The first-order chi connectivity index (χ1) is 9.45. The van der Waals surface area contributed by atoms with Crippen LogP contribution in [-0.4, -0.2) is 34.2 Å². The Bertz CT molecular complexity index is 484. The Hall–Kier alpha value is -0.950. The lowest BCUT2D eigenvalue weighted by Crippen LogP contribution is -2.27. The Morgan fingerprint density at radius 2 is 1.85 bits per heavy atom. The summed E-state index contributed by atoms with van der Waals surface area (Å²) in [6, 6.07) is 7.30. The molecule has 20 heavy (non-hydrogen) atoms. The minimum atomic E-state index is -3.44. The Morgan fingerprint density at radius 1 is 1.20 bits per heavy atom. The number of ether oxygens (including phenoxy) is 1. The van der Waals surface area contributed by atoms with Crippen LogP contribution in [0.2, 0.25) is 0 Å². The maximum absolute atomic E-state index is 12.0. The lowest BCUT2D eigenvalue weighted by molar-refractivity contribution is 0.153. The highest BCUT2D eigenvalue weighted by molar-refractivity contribution is 7.89. The predicted molar refractivity (Wildman–Crippen MR) is 80.1 cm³/mol. The summed E-state index contributed by atoms with van der Waals surface area (Å²) in [4.78, 5) is 0.280. The fourth-order valence-electron chi connectivity index (χ4n) is 1.58. The van der Waals surface area contributed by atoms with E-state index in [4.69, 9.17) is 4.74 Å².